The summed E-state index contributed by atoms with van der Waals surface area (Å²) >= 11 is 0. The van der Waals surface area contributed by atoms with Crippen molar-refractivity contribution in [3.63, 3.8) is 0 Å². The van der Waals surface area contributed by atoms with Gasteiger partial charge in [0.2, 0.25) is 0 Å². The van der Waals surface area contributed by atoms with E-state index in [0.717, 1.165) is 5.56 Å². The molecule has 0 aromatic heterocycles. The number of aryl methyl sites for hydroxylation is 1. The van der Waals surface area contributed by atoms with E-state index in [4.69, 9.17) is 4.74 Å². The van der Waals surface area contributed by atoms with Crippen LogP contribution < -0.4 is 10.6 Å². The number of hydrogen-bond donors (Lipinski definition) is 2. The fourth-order valence-corrected chi connectivity index (χ4v) is 2.30. The summed E-state index contributed by atoms with van der Waals surface area (Å²) in [4.78, 5) is 4.21. The third kappa shape index (κ3) is 6.99. The lowest BCUT2D eigenvalue weighted by molar-refractivity contribution is 0.181. The number of rotatable bonds is 6. The van der Waals surface area contributed by atoms with Gasteiger partial charge in [-0.25, -0.2) is 4.39 Å². The van der Waals surface area contributed by atoms with Crippen molar-refractivity contribution in [3.8, 4) is 0 Å². The molecule has 0 amide bonds. The van der Waals surface area contributed by atoms with E-state index in [2.05, 4.69) is 46.8 Å². The Balaban J connectivity index is 0.00000312. The number of nitrogens with zero attached hydrogens (tertiary/aromatic N) is 1. The molecular formula is C19H25FIN3O. The van der Waals surface area contributed by atoms with Crippen LogP contribution in [0, 0.1) is 12.7 Å². The van der Waals surface area contributed by atoms with E-state index in [9.17, 15) is 4.39 Å². The van der Waals surface area contributed by atoms with Crippen LogP contribution in [0.3, 0.4) is 0 Å². The van der Waals surface area contributed by atoms with E-state index in [1.807, 2.05) is 0 Å². The number of hydrogen-bond acceptors (Lipinski definition) is 2. The van der Waals surface area contributed by atoms with Gasteiger partial charge in [-0.2, -0.15) is 0 Å². The minimum atomic E-state index is -0.248. The first-order chi connectivity index (χ1) is 11.6. The Kier molecular flexibility index (Phi) is 9.44. The Morgan fingerprint density at radius 3 is 2.24 bits per heavy atom. The van der Waals surface area contributed by atoms with Gasteiger partial charge in [-0.1, -0.05) is 35.9 Å². The summed E-state index contributed by atoms with van der Waals surface area (Å²) in [6.45, 7) is 3.58. The van der Waals surface area contributed by atoms with Crippen LogP contribution in [-0.2, 0) is 24.4 Å². The molecule has 0 heterocycles. The van der Waals surface area contributed by atoms with Gasteiger partial charge in [-0.05, 0) is 30.2 Å². The Labute approximate surface area is 165 Å². The van der Waals surface area contributed by atoms with Crippen LogP contribution in [0.2, 0.25) is 0 Å². The molecule has 0 spiro atoms. The molecule has 0 saturated carbocycles. The van der Waals surface area contributed by atoms with Crippen molar-refractivity contribution >= 4 is 29.9 Å². The van der Waals surface area contributed by atoms with Crippen molar-refractivity contribution in [2.45, 2.75) is 26.6 Å². The summed E-state index contributed by atoms with van der Waals surface area (Å²) in [5.41, 5.74) is 3.96. The monoisotopic (exact) mass is 457 g/mol. The quantitative estimate of drug-likeness (QED) is 0.395. The number of aliphatic imine (C=N–C) groups is 1. The average molecular weight is 457 g/mol. The van der Waals surface area contributed by atoms with Crippen molar-refractivity contribution in [2.75, 3.05) is 14.2 Å². The molecule has 0 atom stereocenters. The fourth-order valence-electron chi connectivity index (χ4n) is 2.30. The van der Waals surface area contributed by atoms with Crippen molar-refractivity contribution in [2.24, 2.45) is 4.99 Å². The molecule has 0 saturated heterocycles. The molecular weight excluding hydrogens is 432 g/mol. The molecule has 2 N–H and O–H groups in total. The number of guanidine groups is 1. The second-order valence-corrected chi connectivity index (χ2v) is 5.62. The highest BCUT2D eigenvalue weighted by molar-refractivity contribution is 14.0. The Hall–Kier alpha value is -1.67. The lowest BCUT2D eigenvalue weighted by Gasteiger charge is -2.13. The summed E-state index contributed by atoms with van der Waals surface area (Å²) < 4.78 is 18.6. The van der Waals surface area contributed by atoms with E-state index in [1.54, 1.807) is 26.3 Å². The topological polar surface area (TPSA) is 45.7 Å². The molecule has 0 aliphatic rings. The van der Waals surface area contributed by atoms with E-state index >= 15 is 0 Å². The molecule has 25 heavy (non-hydrogen) atoms. The maximum Gasteiger partial charge on any atom is 0.191 e. The summed E-state index contributed by atoms with van der Waals surface area (Å²) in [6, 6.07) is 13.4. The third-order valence-corrected chi connectivity index (χ3v) is 3.67. The van der Waals surface area contributed by atoms with Crippen molar-refractivity contribution in [1.29, 1.82) is 0 Å². The molecule has 0 aliphatic heterocycles. The van der Waals surface area contributed by atoms with Gasteiger partial charge in [0.25, 0.3) is 0 Å². The molecule has 0 bridgehead atoms. The fraction of sp³-hybridized carbons (Fsp3) is 0.316. The molecule has 4 nitrogen and oxygen atoms in total. The summed E-state index contributed by atoms with van der Waals surface area (Å²) in [7, 11) is 3.28. The highest BCUT2D eigenvalue weighted by Crippen LogP contribution is 2.11. The zero-order valence-electron chi connectivity index (χ0n) is 14.8. The van der Waals surface area contributed by atoms with Crippen LogP contribution in [0.4, 0.5) is 4.39 Å². The number of nitrogens with one attached hydrogen (secondary N) is 2. The van der Waals surface area contributed by atoms with Gasteiger partial charge < -0.3 is 15.4 Å². The highest BCUT2D eigenvalue weighted by Gasteiger charge is 2.04. The predicted octanol–water partition coefficient (Wildman–Crippen LogP) is 3.76. The smallest absolute Gasteiger partial charge is 0.191 e. The molecule has 136 valence electrons. The van der Waals surface area contributed by atoms with Crippen molar-refractivity contribution in [3.05, 3.63) is 70.5 Å². The zero-order valence-corrected chi connectivity index (χ0v) is 17.1. The van der Waals surface area contributed by atoms with Crippen LogP contribution in [0.25, 0.3) is 0 Å². The van der Waals surface area contributed by atoms with E-state index in [1.165, 1.54) is 17.2 Å². The van der Waals surface area contributed by atoms with Gasteiger partial charge in [0, 0.05) is 32.8 Å². The number of halogens is 2. The van der Waals surface area contributed by atoms with Crippen LogP contribution in [0.5, 0.6) is 0 Å². The first kappa shape index (κ1) is 21.4. The molecule has 2 aromatic carbocycles. The van der Waals surface area contributed by atoms with Crippen LogP contribution in [0.1, 0.15) is 22.3 Å². The van der Waals surface area contributed by atoms with Gasteiger partial charge in [0.1, 0.15) is 5.82 Å². The lowest BCUT2D eigenvalue weighted by Crippen LogP contribution is -2.36. The first-order valence-corrected chi connectivity index (χ1v) is 7.88. The molecule has 6 heteroatoms. The Bertz CT molecular complexity index is 690. The van der Waals surface area contributed by atoms with E-state index in [-0.39, 0.29) is 36.4 Å². The van der Waals surface area contributed by atoms with Gasteiger partial charge >= 0.3 is 0 Å². The minimum Gasteiger partial charge on any atom is -0.380 e. The zero-order chi connectivity index (χ0) is 17.4. The third-order valence-electron chi connectivity index (χ3n) is 3.67. The summed E-state index contributed by atoms with van der Waals surface area (Å²) in [5, 5.41) is 6.50. The predicted molar refractivity (Wildman–Crippen MR) is 111 cm³/mol. The Morgan fingerprint density at radius 1 is 1.04 bits per heavy atom. The summed E-state index contributed by atoms with van der Waals surface area (Å²) in [5.74, 6) is 0.454. The SMILES string of the molecule is CN=C(NCc1ccc(C)cc1)NCc1ccc(F)c(COC)c1.I. The average Bonchev–Trinajstić information content (AvgIpc) is 2.59. The largest absolute Gasteiger partial charge is 0.380 e. The van der Waals surface area contributed by atoms with Gasteiger partial charge in [-0.15, -0.1) is 24.0 Å². The van der Waals surface area contributed by atoms with E-state index in [0.29, 0.717) is 24.6 Å². The lowest BCUT2D eigenvalue weighted by atomic mass is 10.1. The molecule has 0 radical (unpaired) electrons. The number of ether oxygens (including phenoxy) is 1. The number of methoxy groups -OCH3 is 1. The standard InChI is InChI=1S/C19H24FN3O.HI/c1-14-4-6-15(7-5-14)11-22-19(21-2)23-12-16-8-9-18(20)17(10-16)13-24-3;/h4-10H,11-13H2,1-3H3,(H2,21,22,23);1H. The van der Waals surface area contributed by atoms with Crippen molar-refractivity contribution < 1.29 is 9.13 Å². The normalized spacial score (nSPS) is 11.0. The second kappa shape index (κ2) is 11.0. The molecule has 2 aromatic rings. The first-order valence-electron chi connectivity index (χ1n) is 7.88. The summed E-state index contributed by atoms with van der Waals surface area (Å²) in [6.07, 6.45) is 0. The molecule has 2 rings (SSSR count). The van der Waals surface area contributed by atoms with Crippen LogP contribution in [-0.4, -0.2) is 20.1 Å². The molecule has 0 aliphatic carbocycles. The molecule has 0 unspecified atom stereocenters. The van der Waals surface area contributed by atoms with Gasteiger partial charge in [0.15, 0.2) is 5.96 Å². The maximum atomic E-state index is 13.6. The second-order valence-electron chi connectivity index (χ2n) is 5.62. The maximum absolute atomic E-state index is 13.6. The van der Waals surface area contributed by atoms with E-state index < -0.39 is 0 Å². The van der Waals surface area contributed by atoms with Crippen LogP contribution in [0.15, 0.2) is 47.5 Å². The van der Waals surface area contributed by atoms with Crippen LogP contribution >= 0.6 is 24.0 Å². The van der Waals surface area contributed by atoms with Crippen molar-refractivity contribution in [1.82, 2.24) is 10.6 Å². The van der Waals surface area contributed by atoms with Gasteiger partial charge in [0.05, 0.1) is 6.61 Å². The highest BCUT2D eigenvalue weighted by atomic mass is 127. The Morgan fingerprint density at radius 2 is 1.64 bits per heavy atom. The number of benzene rings is 2. The molecule has 0 fully saturated rings. The van der Waals surface area contributed by atoms with Gasteiger partial charge in [-0.3, -0.25) is 4.99 Å². The minimum absolute atomic E-state index is 0.